The molecule has 1 rings (SSSR count). The molecule has 0 spiro atoms. The molecular weight excluding hydrogens is 230 g/mol. The molecule has 1 unspecified atom stereocenters. The summed E-state index contributed by atoms with van der Waals surface area (Å²) in [5.41, 5.74) is 1.94. The van der Waals surface area contributed by atoms with Crippen LogP contribution >= 0.6 is 0 Å². The molecule has 102 valence electrons. The van der Waals surface area contributed by atoms with Crippen molar-refractivity contribution in [1.29, 1.82) is 0 Å². The van der Waals surface area contributed by atoms with Gasteiger partial charge in [-0.15, -0.1) is 0 Å². The third kappa shape index (κ3) is 4.58. The molecule has 0 aromatic carbocycles. The van der Waals surface area contributed by atoms with Crippen molar-refractivity contribution in [2.75, 3.05) is 25.6 Å². The Morgan fingerprint density at radius 2 is 2.11 bits per heavy atom. The molecule has 0 aliphatic heterocycles. The summed E-state index contributed by atoms with van der Waals surface area (Å²) in [5, 5.41) is 12.4. The Hall–Kier alpha value is -1.20. The molecule has 5 heteroatoms. The SMILES string of the molecule is COCCC(CO)Nc1nc(C)cc(C(C)C)n1. The van der Waals surface area contributed by atoms with Gasteiger partial charge in [-0.3, -0.25) is 0 Å². The number of nitrogens with one attached hydrogen (secondary N) is 1. The lowest BCUT2D eigenvalue weighted by atomic mass is 10.1. The van der Waals surface area contributed by atoms with Gasteiger partial charge in [0.1, 0.15) is 0 Å². The Kier molecular flexibility index (Phi) is 6.01. The minimum atomic E-state index is -0.0771. The summed E-state index contributed by atoms with van der Waals surface area (Å²) in [6.07, 6.45) is 0.724. The number of nitrogens with zero attached hydrogens (tertiary/aromatic N) is 2. The molecule has 0 aliphatic carbocycles. The van der Waals surface area contributed by atoms with Gasteiger partial charge in [0.2, 0.25) is 5.95 Å². The number of ether oxygens (including phenoxy) is 1. The van der Waals surface area contributed by atoms with Crippen LogP contribution in [0.1, 0.15) is 37.6 Å². The van der Waals surface area contributed by atoms with Crippen LogP contribution in [0.5, 0.6) is 0 Å². The van der Waals surface area contributed by atoms with Crippen LogP contribution in [0, 0.1) is 6.92 Å². The maximum Gasteiger partial charge on any atom is 0.223 e. The fraction of sp³-hybridized carbons (Fsp3) is 0.692. The van der Waals surface area contributed by atoms with E-state index in [-0.39, 0.29) is 12.6 Å². The molecule has 0 amide bonds. The van der Waals surface area contributed by atoms with E-state index in [0.29, 0.717) is 18.5 Å². The first-order valence-electron chi connectivity index (χ1n) is 6.28. The van der Waals surface area contributed by atoms with Crippen LogP contribution in [0.4, 0.5) is 5.95 Å². The van der Waals surface area contributed by atoms with Gasteiger partial charge in [0.05, 0.1) is 12.6 Å². The summed E-state index contributed by atoms with van der Waals surface area (Å²) in [7, 11) is 1.65. The molecule has 1 atom stereocenters. The average Bonchev–Trinajstić information content (AvgIpc) is 2.33. The van der Waals surface area contributed by atoms with Gasteiger partial charge in [-0.25, -0.2) is 9.97 Å². The molecule has 0 saturated heterocycles. The number of anilines is 1. The van der Waals surface area contributed by atoms with Gasteiger partial charge in [0, 0.05) is 25.1 Å². The highest BCUT2D eigenvalue weighted by atomic mass is 16.5. The second-order valence-electron chi connectivity index (χ2n) is 4.72. The first-order chi connectivity index (χ1) is 8.56. The third-order valence-electron chi connectivity index (χ3n) is 2.69. The molecule has 1 heterocycles. The van der Waals surface area contributed by atoms with Crippen LogP contribution in [-0.4, -0.2) is 41.4 Å². The molecule has 5 nitrogen and oxygen atoms in total. The lowest BCUT2D eigenvalue weighted by molar-refractivity contribution is 0.174. The number of aliphatic hydroxyl groups is 1. The van der Waals surface area contributed by atoms with Crippen LogP contribution in [0.2, 0.25) is 0 Å². The molecule has 18 heavy (non-hydrogen) atoms. The lowest BCUT2D eigenvalue weighted by Gasteiger charge is -2.17. The summed E-state index contributed by atoms with van der Waals surface area (Å²) >= 11 is 0. The van der Waals surface area contributed by atoms with Crippen molar-refractivity contribution in [3.8, 4) is 0 Å². The highest BCUT2D eigenvalue weighted by Crippen LogP contribution is 2.15. The summed E-state index contributed by atoms with van der Waals surface area (Å²) < 4.78 is 5.01. The Bertz CT molecular complexity index is 369. The van der Waals surface area contributed by atoms with E-state index in [1.54, 1.807) is 7.11 Å². The summed E-state index contributed by atoms with van der Waals surface area (Å²) in [6, 6.07) is 1.91. The van der Waals surface area contributed by atoms with Crippen molar-refractivity contribution in [2.24, 2.45) is 0 Å². The highest BCUT2D eigenvalue weighted by Gasteiger charge is 2.11. The Morgan fingerprint density at radius 3 is 2.67 bits per heavy atom. The summed E-state index contributed by atoms with van der Waals surface area (Å²) in [5.74, 6) is 0.938. The second-order valence-corrected chi connectivity index (χ2v) is 4.72. The van der Waals surface area contributed by atoms with E-state index in [2.05, 4.69) is 29.1 Å². The maximum absolute atomic E-state index is 9.29. The van der Waals surface area contributed by atoms with Gasteiger partial charge in [-0.2, -0.15) is 0 Å². The first kappa shape index (κ1) is 14.9. The van der Waals surface area contributed by atoms with Gasteiger partial charge < -0.3 is 15.2 Å². The third-order valence-corrected chi connectivity index (χ3v) is 2.69. The fourth-order valence-electron chi connectivity index (χ4n) is 1.60. The Morgan fingerprint density at radius 1 is 1.39 bits per heavy atom. The molecule has 0 bridgehead atoms. The van der Waals surface area contributed by atoms with Crippen molar-refractivity contribution in [2.45, 2.75) is 39.2 Å². The largest absolute Gasteiger partial charge is 0.394 e. The van der Waals surface area contributed by atoms with Crippen LogP contribution in [0.25, 0.3) is 0 Å². The van der Waals surface area contributed by atoms with Gasteiger partial charge in [0.25, 0.3) is 0 Å². The molecule has 2 N–H and O–H groups in total. The zero-order valence-corrected chi connectivity index (χ0v) is 11.6. The van der Waals surface area contributed by atoms with Gasteiger partial charge >= 0.3 is 0 Å². The van der Waals surface area contributed by atoms with E-state index in [1.807, 2.05) is 13.0 Å². The van der Waals surface area contributed by atoms with Crippen LogP contribution in [0.3, 0.4) is 0 Å². The first-order valence-corrected chi connectivity index (χ1v) is 6.28. The van der Waals surface area contributed by atoms with Crippen molar-refractivity contribution >= 4 is 5.95 Å². The zero-order chi connectivity index (χ0) is 13.5. The normalized spacial score (nSPS) is 12.8. The number of hydrogen-bond acceptors (Lipinski definition) is 5. The number of hydrogen-bond donors (Lipinski definition) is 2. The average molecular weight is 253 g/mol. The number of methoxy groups -OCH3 is 1. The molecule has 0 fully saturated rings. The van der Waals surface area contributed by atoms with Crippen molar-refractivity contribution in [1.82, 2.24) is 9.97 Å². The summed E-state index contributed by atoms with van der Waals surface area (Å²) in [4.78, 5) is 8.79. The number of aromatic nitrogens is 2. The number of aliphatic hydroxyl groups excluding tert-OH is 1. The highest BCUT2D eigenvalue weighted by molar-refractivity contribution is 5.30. The van der Waals surface area contributed by atoms with Gasteiger partial charge in [0.15, 0.2) is 0 Å². The smallest absolute Gasteiger partial charge is 0.223 e. The van der Waals surface area contributed by atoms with E-state index in [1.165, 1.54) is 0 Å². The minimum Gasteiger partial charge on any atom is -0.394 e. The summed E-state index contributed by atoms with van der Waals surface area (Å²) in [6.45, 7) is 6.78. The van der Waals surface area contributed by atoms with Crippen LogP contribution in [0.15, 0.2) is 6.07 Å². The number of aryl methyl sites for hydroxylation is 1. The number of rotatable bonds is 7. The zero-order valence-electron chi connectivity index (χ0n) is 11.6. The predicted octanol–water partition coefficient (Wildman–Crippen LogP) is 1.72. The van der Waals surface area contributed by atoms with Crippen molar-refractivity contribution in [3.05, 3.63) is 17.5 Å². The Balaban J connectivity index is 2.75. The lowest BCUT2D eigenvalue weighted by Crippen LogP contribution is -2.26. The quantitative estimate of drug-likeness (QED) is 0.774. The predicted molar refractivity (Wildman–Crippen MR) is 71.8 cm³/mol. The van der Waals surface area contributed by atoms with Crippen LogP contribution < -0.4 is 5.32 Å². The standard InChI is InChI=1S/C13H23N3O2/c1-9(2)12-7-10(3)14-13(16-12)15-11(8-17)5-6-18-4/h7,9,11,17H,5-6,8H2,1-4H3,(H,14,15,16). The molecule has 1 aromatic heterocycles. The van der Waals surface area contributed by atoms with Crippen LogP contribution in [-0.2, 0) is 4.74 Å². The van der Waals surface area contributed by atoms with E-state index < -0.39 is 0 Å². The van der Waals surface area contributed by atoms with E-state index in [9.17, 15) is 5.11 Å². The fourth-order valence-corrected chi connectivity index (χ4v) is 1.60. The molecule has 1 aromatic rings. The monoisotopic (exact) mass is 253 g/mol. The second kappa shape index (κ2) is 7.28. The molecular formula is C13H23N3O2. The van der Waals surface area contributed by atoms with Crippen molar-refractivity contribution < 1.29 is 9.84 Å². The van der Waals surface area contributed by atoms with Crippen molar-refractivity contribution in [3.63, 3.8) is 0 Å². The molecule has 0 aliphatic rings. The van der Waals surface area contributed by atoms with E-state index in [4.69, 9.17) is 4.74 Å². The van der Waals surface area contributed by atoms with E-state index in [0.717, 1.165) is 17.8 Å². The minimum absolute atomic E-state index is 0.0394. The Labute approximate surface area is 109 Å². The van der Waals surface area contributed by atoms with E-state index >= 15 is 0 Å². The van der Waals surface area contributed by atoms with Gasteiger partial charge in [-0.1, -0.05) is 13.8 Å². The maximum atomic E-state index is 9.29. The van der Waals surface area contributed by atoms with Gasteiger partial charge in [-0.05, 0) is 25.3 Å². The molecule has 0 saturated carbocycles. The topological polar surface area (TPSA) is 67.3 Å². The molecule has 0 radical (unpaired) electrons.